The fourth-order valence-corrected chi connectivity index (χ4v) is 8.75. The van der Waals surface area contributed by atoms with Gasteiger partial charge in [0.05, 0.1) is 19.3 Å². The molecule has 56 heavy (non-hydrogen) atoms. The molecule has 0 radical (unpaired) electrons. The molecule has 1 aliphatic carbocycles. The molecule has 1 saturated heterocycles. The van der Waals surface area contributed by atoms with Gasteiger partial charge in [-0.25, -0.2) is 23.3 Å². The fourth-order valence-electron chi connectivity index (χ4n) is 7.47. The number of nitrogens with zero attached hydrogens (tertiary/aromatic N) is 3. The first kappa shape index (κ1) is 39.3. The zero-order valence-corrected chi connectivity index (χ0v) is 33.0. The lowest BCUT2D eigenvalue weighted by atomic mass is 10.0. The van der Waals surface area contributed by atoms with E-state index in [9.17, 15) is 27.5 Å². The molecule has 3 amide bonds. The van der Waals surface area contributed by atoms with Crippen molar-refractivity contribution in [3.8, 4) is 22.3 Å². The van der Waals surface area contributed by atoms with Crippen molar-refractivity contribution in [2.24, 2.45) is 5.92 Å². The molecule has 6 unspecified atom stereocenters. The number of halogens is 1. The van der Waals surface area contributed by atoms with Crippen LogP contribution in [0.1, 0.15) is 70.4 Å². The van der Waals surface area contributed by atoms with Crippen LogP contribution in [-0.2, 0) is 25.7 Å². The zero-order valence-electron chi connectivity index (χ0n) is 31.3. The van der Waals surface area contributed by atoms with Crippen LogP contribution in [0.15, 0.2) is 66.1 Å². The SMILES string of the molecule is COc1ccc2c(OC3CC4C(=O)NC5(C(=O)NS(=O)O)CC5C=CCCCCCC(Nc5cccc(F)c5)C(=O)N4C3)nc(-c3nc(C(C)C)cs3)cc2c1. The first-order valence-electron chi connectivity index (χ1n) is 18.8. The Hall–Kier alpha value is -4.93. The van der Waals surface area contributed by atoms with Crippen molar-refractivity contribution in [3.63, 3.8) is 0 Å². The summed E-state index contributed by atoms with van der Waals surface area (Å²) in [5, 5.41) is 10.3. The number of nitrogens with one attached hydrogen (secondary N) is 3. The van der Waals surface area contributed by atoms with Crippen LogP contribution in [0, 0.1) is 11.7 Å². The standard InChI is InChI=1S/C40H45FN6O7S2/c1-23(2)33-22-55-37(44-33)32-17-24-16-28(53-3)14-15-30(24)36(43-32)54-29-19-34-35(48)45-40(39(50)46-56(51)52)20-25(40)10-7-5-4-6-8-13-31(38(49)47(34)21-29)42-27-12-9-11-26(41)18-27/h7,9-12,14-18,22-23,25,29,31,34,42H,4-6,8,13,19-21H2,1-3H3,(H,45,48)(H,46,50)(H,51,52). The van der Waals surface area contributed by atoms with Crippen LogP contribution in [0.2, 0.25) is 0 Å². The van der Waals surface area contributed by atoms with E-state index in [0.717, 1.165) is 30.3 Å². The van der Waals surface area contributed by atoms with E-state index in [-0.39, 0.29) is 31.2 Å². The molecule has 4 aromatic rings. The van der Waals surface area contributed by atoms with Gasteiger partial charge in [0.25, 0.3) is 17.2 Å². The Bertz CT molecular complexity index is 2180. The quantitative estimate of drug-likeness (QED) is 0.114. The first-order valence-corrected chi connectivity index (χ1v) is 20.8. The smallest absolute Gasteiger partial charge is 0.261 e. The van der Waals surface area contributed by atoms with Gasteiger partial charge in [-0.15, -0.1) is 11.3 Å². The summed E-state index contributed by atoms with van der Waals surface area (Å²) in [6.45, 7) is 4.15. The Morgan fingerprint density at radius 3 is 2.73 bits per heavy atom. The Labute approximate surface area is 330 Å². The number of fused-ring (bicyclic) bond motifs is 3. The lowest BCUT2D eigenvalue weighted by Crippen LogP contribution is -2.57. The summed E-state index contributed by atoms with van der Waals surface area (Å²) >= 11 is -1.17. The zero-order chi connectivity index (χ0) is 39.6. The number of amides is 3. The van der Waals surface area contributed by atoms with Crippen LogP contribution in [0.5, 0.6) is 11.6 Å². The highest BCUT2D eigenvalue weighted by Gasteiger charge is 2.61. The second-order valence-electron chi connectivity index (χ2n) is 14.8. The van der Waals surface area contributed by atoms with Gasteiger partial charge in [0.2, 0.25) is 17.7 Å². The van der Waals surface area contributed by atoms with Gasteiger partial charge in [0.15, 0.2) is 0 Å². The molecule has 4 heterocycles. The van der Waals surface area contributed by atoms with E-state index in [0.29, 0.717) is 46.2 Å². The topological polar surface area (TPSA) is 172 Å². The number of hydrogen-bond donors (Lipinski definition) is 4. The van der Waals surface area contributed by atoms with Gasteiger partial charge in [0.1, 0.15) is 46.0 Å². The predicted molar refractivity (Wildman–Crippen MR) is 212 cm³/mol. The average molecular weight is 805 g/mol. The molecule has 2 fully saturated rings. The van der Waals surface area contributed by atoms with Crippen LogP contribution in [0.25, 0.3) is 21.5 Å². The highest BCUT2D eigenvalue weighted by Crippen LogP contribution is 2.46. The number of benzene rings is 2. The summed E-state index contributed by atoms with van der Waals surface area (Å²) < 4.78 is 49.6. The summed E-state index contributed by atoms with van der Waals surface area (Å²) in [6.07, 6.45) is 6.87. The number of aromatic nitrogens is 2. The van der Waals surface area contributed by atoms with E-state index in [1.54, 1.807) is 25.3 Å². The van der Waals surface area contributed by atoms with Crippen LogP contribution < -0.4 is 24.8 Å². The van der Waals surface area contributed by atoms with E-state index in [2.05, 4.69) is 24.5 Å². The molecule has 0 bridgehead atoms. The molecule has 7 rings (SSSR count). The molecule has 0 spiro atoms. The average Bonchev–Trinajstić information content (AvgIpc) is 3.46. The van der Waals surface area contributed by atoms with Crippen molar-refractivity contribution < 1.29 is 37.0 Å². The maximum atomic E-state index is 14.7. The Kier molecular flexibility index (Phi) is 11.7. The number of carbonyl (C=O) groups excluding carboxylic acids is 3. The summed E-state index contributed by atoms with van der Waals surface area (Å²) in [5.74, 6) is -1.46. The van der Waals surface area contributed by atoms with Crippen molar-refractivity contribution in [1.29, 1.82) is 0 Å². The molecule has 1 saturated carbocycles. The predicted octanol–water partition coefficient (Wildman–Crippen LogP) is 6.11. The third-order valence-corrected chi connectivity index (χ3v) is 11.8. The number of anilines is 1. The minimum absolute atomic E-state index is 0.0136. The third-order valence-electron chi connectivity index (χ3n) is 10.6. The molecule has 13 nitrogen and oxygen atoms in total. The summed E-state index contributed by atoms with van der Waals surface area (Å²) in [7, 11) is 1.59. The number of hydrogen-bond acceptors (Lipinski definition) is 10. The van der Waals surface area contributed by atoms with Crippen molar-refractivity contribution in [3.05, 3.63) is 77.6 Å². The van der Waals surface area contributed by atoms with Gasteiger partial charge in [-0.3, -0.25) is 18.9 Å². The number of allylic oxidation sites excluding steroid dienone is 1. The number of pyridine rings is 1. The first-order chi connectivity index (χ1) is 26.9. The summed E-state index contributed by atoms with van der Waals surface area (Å²) in [6, 6.07) is 11.5. The van der Waals surface area contributed by atoms with Crippen LogP contribution in [-0.4, -0.2) is 78.7 Å². The molecule has 4 N–H and O–H groups in total. The van der Waals surface area contributed by atoms with Crippen molar-refractivity contribution >= 4 is 56.8 Å². The lowest BCUT2D eigenvalue weighted by Gasteiger charge is -2.30. The normalized spacial score (nSPS) is 24.7. The molecule has 2 aliphatic heterocycles. The highest BCUT2D eigenvalue weighted by molar-refractivity contribution is 7.77. The molecule has 6 atom stereocenters. The van der Waals surface area contributed by atoms with Crippen LogP contribution >= 0.6 is 11.3 Å². The van der Waals surface area contributed by atoms with Gasteiger partial charge in [-0.05, 0) is 79.5 Å². The van der Waals surface area contributed by atoms with Gasteiger partial charge in [0, 0.05) is 28.8 Å². The maximum Gasteiger partial charge on any atom is 0.261 e. The minimum atomic E-state index is -2.65. The largest absolute Gasteiger partial charge is 0.497 e. The van der Waals surface area contributed by atoms with E-state index in [1.807, 2.05) is 40.5 Å². The van der Waals surface area contributed by atoms with Gasteiger partial charge in [-0.2, -0.15) is 0 Å². The molecule has 296 valence electrons. The number of carbonyl (C=O) groups is 3. The van der Waals surface area contributed by atoms with E-state index < -0.39 is 58.5 Å². The molecule has 16 heteroatoms. The van der Waals surface area contributed by atoms with Crippen LogP contribution in [0.4, 0.5) is 10.1 Å². The van der Waals surface area contributed by atoms with Gasteiger partial charge in [-0.1, -0.05) is 44.9 Å². The van der Waals surface area contributed by atoms with Gasteiger partial charge < -0.3 is 25.0 Å². The van der Waals surface area contributed by atoms with Gasteiger partial charge >= 0.3 is 0 Å². The monoisotopic (exact) mass is 804 g/mol. The molecular formula is C40H45FN6O7S2. The number of thiazole rings is 1. The Balaban J connectivity index is 1.24. The van der Waals surface area contributed by atoms with E-state index >= 15 is 0 Å². The Morgan fingerprint density at radius 1 is 1.14 bits per heavy atom. The second kappa shape index (κ2) is 16.7. The summed E-state index contributed by atoms with van der Waals surface area (Å²) in [5.41, 5.74) is 0.501. The second-order valence-corrected chi connectivity index (χ2v) is 16.4. The fraction of sp³-hybridized carbons (Fsp3) is 0.425. The highest BCUT2D eigenvalue weighted by atomic mass is 32.2. The number of rotatable bonds is 9. The summed E-state index contributed by atoms with van der Waals surface area (Å²) in [4.78, 5) is 53.6. The third kappa shape index (κ3) is 8.56. The Morgan fingerprint density at radius 2 is 1.98 bits per heavy atom. The number of methoxy groups -OCH3 is 1. The molecule has 2 aromatic carbocycles. The van der Waals surface area contributed by atoms with Crippen LogP contribution in [0.3, 0.4) is 0 Å². The maximum absolute atomic E-state index is 14.7. The van der Waals surface area contributed by atoms with E-state index in [1.165, 1.54) is 28.4 Å². The lowest BCUT2D eigenvalue weighted by molar-refractivity contribution is -0.140. The van der Waals surface area contributed by atoms with Crippen molar-refractivity contribution in [2.75, 3.05) is 19.0 Å². The van der Waals surface area contributed by atoms with Crippen molar-refractivity contribution in [1.82, 2.24) is 24.9 Å². The molecule has 3 aliphatic rings. The molecular weight excluding hydrogens is 760 g/mol. The minimum Gasteiger partial charge on any atom is -0.497 e. The van der Waals surface area contributed by atoms with E-state index in [4.69, 9.17) is 19.4 Å². The number of ether oxygens (including phenoxy) is 2. The molecule has 2 aromatic heterocycles. The van der Waals surface area contributed by atoms with Crippen molar-refractivity contribution in [2.45, 2.75) is 88.4 Å².